The molecule has 0 spiro atoms. The van der Waals surface area contributed by atoms with Gasteiger partial charge in [0, 0.05) is 29.7 Å². The highest BCUT2D eigenvalue weighted by atomic mass is 32.1. The summed E-state index contributed by atoms with van der Waals surface area (Å²) in [5, 5.41) is 13.6. The number of rotatable bonds is 5. The van der Waals surface area contributed by atoms with E-state index >= 15 is 0 Å². The number of benzene rings is 1. The van der Waals surface area contributed by atoms with Crippen molar-refractivity contribution in [2.75, 3.05) is 18.0 Å². The summed E-state index contributed by atoms with van der Waals surface area (Å²) in [6.07, 6.45) is 2.71. The van der Waals surface area contributed by atoms with Crippen LogP contribution in [0.3, 0.4) is 0 Å². The van der Waals surface area contributed by atoms with E-state index in [2.05, 4.69) is 51.7 Å². The highest BCUT2D eigenvalue weighted by molar-refractivity contribution is 7.11. The van der Waals surface area contributed by atoms with E-state index in [-0.39, 0.29) is 10.6 Å². The maximum Gasteiger partial charge on any atom is 0.311 e. The molecular weight excluding hydrogens is 382 g/mol. The predicted octanol–water partition coefficient (Wildman–Crippen LogP) is 5.66. The lowest BCUT2D eigenvalue weighted by atomic mass is 9.92. The molecule has 0 atom stereocenters. The first-order valence-corrected chi connectivity index (χ1v) is 10.7. The number of allylic oxidation sites excluding steroid dienone is 1. The molecule has 6 heteroatoms. The summed E-state index contributed by atoms with van der Waals surface area (Å²) in [6, 6.07) is 18.1. The van der Waals surface area contributed by atoms with E-state index in [4.69, 9.17) is 0 Å². The average Bonchev–Trinajstić information content (AvgIpc) is 3.27. The zero-order valence-electron chi connectivity index (χ0n) is 16.4. The largest absolute Gasteiger partial charge is 0.350 e. The van der Waals surface area contributed by atoms with Crippen molar-refractivity contribution in [1.82, 2.24) is 4.98 Å². The molecule has 1 aliphatic heterocycles. The van der Waals surface area contributed by atoms with Crippen LogP contribution in [-0.2, 0) is 6.42 Å². The molecule has 148 valence electrons. The molecule has 29 heavy (non-hydrogen) atoms. The van der Waals surface area contributed by atoms with Crippen molar-refractivity contribution in [3.05, 3.63) is 91.8 Å². The number of hydrogen-bond donors (Lipinski definition) is 0. The van der Waals surface area contributed by atoms with E-state index in [1.165, 1.54) is 21.6 Å². The molecule has 5 nitrogen and oxygen atoms in total. The summed E-state index contributed by atoms with van der Waals surface area (Å²) < 4.78 is 0. The SMILES string of the molecule is Cc1ccc([N+](=O)[O-])c(N2CCC(=C(Cc3ccccc3)c3cccs3)CC2)n1. The molecule has 1 aromatic carbocycles. The fourth-order valence-electron chi connectivity index (χ4n) is 3.84. The number of aryl methyl sites for hydroxylation is 1. The van der Waals surface area contributed by atoms with Gasteiger partial charge in [0.2, 0.25) is 5.82 Å². The van der Waals surface area contributed by atoms with Crippen LogP contribution >= 0.6 is 11.3 Å². The summed E-state index contributed by atoms with van der Waals surface area (Å²) in [6.45, 7) is 3.36. The Morgan fingerprint density at radius 1 is 1.10 bits per heavy atom. The van der Waals surface area contributed by atoms with Crippen molar-refractivity contribution in [3.63, 3.8) is 0 Å². The second-order valence-corrected chi connectivity index (χ2v) is 8.21. The molecular formula is C23H23N3O2S. The molecule has 1 fully saturated rings. The molecule has 0 bridgehead atoms. The number of thiophene rings is 1. The van der Waals surface area contributed by atoms with Gasteiger partial charge in [-0.2, -0.15) is 0 Å². The van der Waals surface area contributed by atoms with Crippen LogP contribution in [0.4, 0.5) is 11.5 Å². The monoisotopic (exact) mass is 405 g/mol. The van der Waals surface area contributed by atoms with Gasteiger partial charge < -0.3 is 4.90 Å². The average molecular weight is 406 g/mol. The Morgan fingerprint density at radius 3 is 2.52 bits per heavy atom. The maximum atomic E-state index is 11.4. The predicted molar refractivity (Wildman–Crippen MR) is 118 cm³/mol. The number of nitrogens with zero attached hydrogens (tertiary/aromatic N) is 3. The van der Waals surface area contributed by atoms with E-state index in [9.17, 15) is 10.1 Å². The van der Waals surface area contributed by atoms with Gasteiger partial charge in [-0.05, 0) is 54.8 Å². The van der Waals surface area contributed by atoms with Gasteiger partial charge in [-0.3, -0.25) is 10.1 Å². The van der Waals surface area contributed by atoms with Gasteiger partial charge in [0.1, 0.15) is 0 Å². The highest BCUT2D eigenvalue weighted by Crippen LogP contribution is 2.35. The summed E-state index contributed by atoms with van der Waals surface area (Å²) >= 11 is 1.78. The molecule has 2 aromatic heterocycles. The normalized spacial score (nSPS) is 14.1. The molecule has 0 amide bonds. The number of hydrogen-bond acceptors (Lipinski definition) is 5. The van der Waals surface area contributed by atoms with Crippen LogP contribution in [0, 0.1) is 17.0 Å². The lowest BCUT2D eigenvalue weighted by molar-refractivity contribution is -0.384. The Balaban J connectivity index is 1.60. The first kappa shape index (κ1) is 19.3. The lowest BCUT2D eigenvalue weighted by Crippen LogP contribution is -2.32. The number of aromatic nitrogens is 1. The molecule has 1 saturated heterocycles. The Labute approximate surface area is 174 Å². The van der Waals surface area contributed by atoms with Crippen molar-refractivity contribution in [2.45, 2.75) is 26.2 Å². The quantitative estimate of drug-likeness (QED) is 0.406. The van der Waals surface area contributed by atoms with Crippen LogP contribution in [0.25, 0.3) is 5.57 Å². The topological polar surface area (TPSA) is 59.3 Å². The summed E-state index contributed by atoms with van der Waals surface area (Å²) in [5.41, 5.74) is 5.04. The number of pyridine rings is 1. The van der Waals surface area contributed by atoms with Crippen LogP contribution in [0.15, 0.2) is 65.6 Å². The van der Waals surface area contributed by atoms with Crippen LogP contribution in [0.2, 0.25) is 0 Å². The van der Waals surface area contributed by atoms with Crippen molar-refractivity contribution in [2.24, 2.45) is 0 Å². The number of anilines is 1. The molecule has 4 rings (SSSR count). The molecule has 3 heterocycles. The van der Waals surface area contributed by atoms with Gasteiger partial charge in [-0.25, -0.2) is 4.98 Å². The first-order chi connectivity index (χ1) is 14.1. The minimum atomic E-state index is -0.334. The van der Waals surface area contributed by atoms with E-state index in [0.29, 0.717) is 5.82 Å². The first-order valence-electron chi connectivity index (χ1n) is 9.77. The second-order valence-electron chi connectivity index (χ2n) is 7.26. The van der Waals surface area contributed by atoms with E-state index in [1.54, 1.807) is 23.5 Å². The number of nitro groups is 1. The van der Waals surface area contributed by atoms with Crippen LogP contribution in [0.1, 0.15) is 29.0 Å². The minimum Gasteiger partial charge on any atom is -0.350 e. The zero-order chi connectivity index (χ0) is 20.2. The fraction of sp³-hybridized carbons (Fsp3) is 0.261. The molecule has 1 aliphatic rings. The standard InChI is InChI=1S/C23H23N3O2S/c1-17-9-10-21(26(27)28)23(24-17)25-13-11-19(12-14-25)20(22-8-5-15-29-22)16-18-6-3-2-4-7-18/h2-10,15H,11-14,16H2,1H3. The maximum absolute atomic E-state index is 11.4. The third-order valence-corrected chi connectivity index (χ3v) is 6.26. The molecule has 0 aliphatic carbocycles. The Hall–Kier alpha value is -2.99. The number of piperidine rings is 1. The van der Waals surface area contributed by atoms with Gasteiger partial charge in [0.25, 0.3) is 0 Å². The second kappa shape index (κ2) is 8.57. The third-order valence-electron chi connectivity index (χ3n) is 5.33. The third kappa shape index (κ3) is 4.38. The van der Waals surface area contributed by atoms with Crippen LogP contribution in [-0.4, -0.2) is 23.0 Å². The Morgan fingerprint density at radius 2 is 1.86 bits per heavy atom. The van der Waals surface area contributed by atoms with Crippen molar-refractivity contribution < 1.29 is 4.92 Å². The van der Waals surface area contributed by atoms with Crippen molar-refractivity contribution in [3.8, 4) is 0 Å². The fourth-order valence-corrected chi connectivity index (χ4v) is 4.66. The highest BCUT2D eigenvalue weighted by Gasteiger charge is 2.25. The summed E-state index contributed by atoms with van der Waals surface area (Å²) in [5.74, 6) is 0.495. The van der Waals surface area contributed by atoms with Crippen molar-refractivity contribution in [1.29, 1.82) is 0 Å². The molecule has 3 aromatic rings. The van der Waals surface area contributed by atoms with Gasteiger partial charge >= 0.3 is 5.69 Å². The summed E-state index contributed by atoms with van der Waals surface area (Å²) in [4.78, 5) is 19.0. The lowest BCUT2D eigenvalue weighted by Gasteiger charge is -2.30. The Bertz CT molecular complexity index is 1020. The Kier molecular flexibility index (Phi) is 5.71. The van der Waals surface area contributed by atoms with Gasteiger partial charge in [-0.15, -0.1) is 11.3 Å². The van der Waals surface area contributed by atoms with Crippen molar-refractivity contribution >= 4 is 28.4 Å². The molecule has 0 N–H and O–H groups in total. The van der Waals surface area contributed by atoms with Crippen LogP contribution < -0.4 is 4.90 Å². The zero-order valence-corrected chi connectivity index (χ0v) is 17.2. The summed E-state index contributed by atoms with van der Waals surface area (Å²) in [7, 11) is 0. The smallest absolute Gasteiger partial charge is 0.311 e. The van der Waals surface area contributed by atoms with Gasteiger partial charge in [0.05, 0.1) is 4.92 Å². The van der Waals surface area contributed by atoms with Crippen LogP contribution in [0.5, 0.6) is 0 Å². The van der Waals surface area contributed by atoms with E-state index < -0.39 is 0 Å². The van der Waals surface area contributed by atoms with E-state index in [0.717, 1.165) is 38.0 Å². The molecule has 0 unspecified atom stereocenters. The minimum absolute atomic E-state index is 0.0887. The van der Waals surface area contributed by atoms with Gasteiger partial charge in [0.15, 0.2) is 0 Å². The van der Waals surface area contributed by atoms with E-state index in [1.807, 2.05) is 13.0 Å². The molecule has 0 saturated carbocycles. The molecule has 0 radical (unpaired) electrons. The van der Waals surface area contributed by atoms with Gasteiger partial charge in [-0.1, -0.05) is 42.0 Å².